The molecule has 3 rings (SSSR count). The fourth-order valence-corrected chi connectivity index (χ4v) is 3.95. The molecule has 0 radical (unpaired) electrons. The van der Waals surface area contributed by atoms with E-state index in [0.29, 0.717) is 17.7 Å². The highest BCUT2D eigenvalue weighted by Gasteiger charge is 2.26. The van der Waals surface area contributed by atoms with Crippen molar-refractivity contribution < 1.29 is 8.76 Å². The van der Waals surface area contributed by atoms with Crippen LogP contribution in [0.15, 0.2) is 18.6 Å². The van der Waals surface area contributed by atoms with Crippen LogP contribution in [-0.4, -0.2) is 42.6 Å². The minimum atomic E-state index is -1.67. The van der Waals surface area contributed by atoms with Crippen molar-refractivity contribution in [2.75, 3.05) is 17.7 Å². The van der Waals surface area contributed by atoms with Gasteiger partial charge in [0.25, 0.3) is 0 Å². The Balaban J connectivity index is 1.70. The largest absolute Gasteiger partial charge is 0.356 e. The third-order valence-corrected chi connectivity index (χ3v) is 5.17. The van der Waals surface area contributed by atoms with Crippen LogP contribution in [0.4, 0.5) is 5.82 Å². The van der Waals surface area contributed by atoms with Crippen LogP contribution in [0.2, 0.25) is 0 Å². The number of aromatic amines is 1. The molecule has 21 heavy (non-hydrogen) atoms. The minimum Gasteiger partial charge on any atom is -0.356 e. The van der Waals surface area contributed by atoms with Gasteiger partial charge >= 0.3 is 0 Å². The van der Waals surface area contributed by atoms with Gasteiger partial charge in [-0.3, -0.25) is 0 Å². The van der Waals surface area contributed by atoms with Crippen molar-refractivity contribution in [3.8, 4) is 0 Å². The van der Waals surface area contributed by atoms with Gasteiger partial charge in [-0.25, -0.2) is 14.2 Å². The number of rotatable bonds is 4. The van der Waals surface area contributed by atoms with E-state index in [1.165, 1.54) is 0 Å². The van der Waals surface area contributed by atoms with Crippen LogP contribution >= 0.6 is 0 Å². The third-order valence-electron chi connectivity index (χ3n) is 4.41. The molecule has 0 saturated heterocycles. The predicted molar refractivity (Wildman–Crippen MR) is 83.7 cm³/mol. The zero-order valence-corrected chi connectivity index (χ0v) is 12.8. The fourth-order valence-electron chi connectivity index (χ4n) is 3.21. The molecular formula is C14H20N4O2S. The molecule has 0 bridgehead atoms. The Morgan fingerprint density at radius 3 is 2.86 bits per heavy atom. The standard InChI is InChI=1S/C14H20N4O2S/c1-18(11-4-2-10(3-5-11)8-21(19)20)14-12-6-7-15-13(12)16-9-17-14/h6-7,9-11H,2-5,8H2,1H3,(H,19,20)(H,15,16,17). The molecule has 0 aliphatic heterocycles. The van der Waals surface area contributed by atoms with E-state index in [-0.39, 0.29) is 0 Å². The molecule has 1 aliphatic carbocycles. The maximum atomic E-state index is 10.9. The first-order chi connectivity index (χ1) is 10.1. The van der Waals surface area contributed by atoms with Crippen molar-refractivity contribution in [2.45, 2.75) is 31.7 Å². The summed E-state index contributed by atoms with van der Waals surface area (Å²) in [5, 5.41) is 1.04. The summed E-state index contributed by atoms with van der Waals surface area (Å²) in [6, 6.07) is 2.43. The second kappa shape index (κ2) is 6.11. The summed E-state index contributed by atoms with van der Waals surface area (Å²) in [6.07, 6.45) is 7.54. The second-order valence-electron chi connectivity index (χ2n) is 5.71. The highest BCUT2D eigenvalue weighted by Crippen LogP contribution is 2.31. The van der Waals surface area contributed by atoms with Crippen LogP contribution in [0.25, 0.3) is 11.0 Å². The Morgan fingerprint density at radius 1 is 1.38 bits per heavy atom. The molecular weight excluding hydrogens is 288 g/mol. The quantitative estimate of drug-likeness (QED) is 0.846. The average Bonchev–Trinajstić information content (AvgIpc) is 2.95. The number of hydrogen-bond donors (Lipinski definition) is 2. The SMILES string of the molecule is CN(c1ncnc2[nH]ccc12)C1CCC(CS(=O)O)CC1. The number of aromatic nitrogens is 3. The van der Waals surface area contributed by atoms with Crippen LogP contribution in [0.1, 0.15) is 25.7 Å². The molecule has 2 heterocycles. The maximum Gasteiger partial charge on any atom is 0.153 e. The summed E-state index contributed by atoms with van der Waals surface area (Å²) in [6.45, 7) is 0. The normalized spacial score (nSPS) is 24.1. The van der Waals surface area contributed by atoms with Crippen molar-refractivity contribution >= 4 is 27.9 Å². The van der Waals surface area contributed by atoms with Gasteiger partial charge in [0.2, 0.25) is 0 Å². The Labute approximate surface area is 126 Å². The van der Waals surface area contributed by atoms with Crippen molar-refractivity contribution in [1.29, 1.82) is 0 Å². The molecule has 0 amide bonds. The average molecular weight is 308 g/mol. The van der Waals surface area contributed by atoms with Crippen molar-refractivity contribution in [3.63, 3.8) is 0 Å². The lowest BCUT2D eigenvalue weighted by atomic mass is 9.86. The van der Waals surface area contributed by atoms with Crippen LogP contribution < -0.4 is 4.90 Å². The van der Waals surface area contributed by atoms with Gasteiger partial charge in [0.05, 0.1) is 11.1 Å². The van der Waals surface area contributed by atoms with Crippen LogP contribution in [0, 0.1) is 5.92 Å². The molecule has 2 aromatic rings. The minimum absolute atomic E-state index is 0.373. The number of fused-ring (bicyclic) bond motifs is 1. The van der Waals surface area contributed by atoms with Crippen molar-refractivity contribution in [1.82, 2.24) is 15.0 Å². The molecule has 1 saturated carbocycles. The lowest BCUT2D eigenvalue weighted by Crippen LogP contribution is -2.36. The van der Waals surface area contributed by atoms with Gasteiger partial charge in [0.15, 0.2) is 11.1 Å². The molecule has 1 atom stereocenters. The summed E-state index contributed by atoms with van der Waals surface area (Å²) in [5.74, 6) is 1.74. The molecule has 0 spiro atoms. The van der Waals surface area contributed by atoms with Crippen molar-refractivity contribution in [2.24, 2.45) is 5.92 Å². The number of nitrogens with one attached hydrogen (secondary N) is 1. The topological polar surface area (TPSA) is 82.1 Å². The Morgan fingerprint density at radius 2 is 2.14 bits per heavy atom. The van der Waals surface area contributed by atoms with Gasteiger partial charge in [-0.15, -0.1) is 0 Å². The highest BCUT2D eigenvalue weighted by molar-refractivity contribution is 7.79. The number of anilines is 1. The lowest BCUT2D eigenvalue weighted by Gasteiger charge is -2.35. The first kappa shape index (κ1) is 14.5. The smallest absolute Gasteiger partial charge is 0.153 e. The van der Waals surface area contributed by atoms with E-state index in [1.807, 2.05) is 12.3 Å². The van der Waals surface area contributed by atoms with E-state index < -0.39 is 11.1 Å². The summed E-state index contributed by atoms with van der Waals surface area (Å²) in [7, 11) is 2.07. The van der Waals surface area contributed by atoms with E-state index in [1.54, 1.807) is 6.33 Å². The molecule has 1 aliphatic rings. The van der Waals surface area contributed by atoms with E-state index in [9.17, 15) is 4.21 Å². The summed E-state index contributed by atoms with van der Waals surface area (Å²) in [4.78, 5) is 14.0. The first-order valence-electron chi connectivity index (χ1n) is 7.23. The third kappa shape index (κ3) is 3.08. The lowest BCUT2D eigenvalue weighted by molar-refractivity contribution is 0.339. The van der Waals surface area contributed by atoms with E-state index in [0.717, 1.165) is 42.5 Å². The van der Waals surface area contributed by atoms with E-state index >= 15 is 0 Å². The van der Waals surface area contributed by atoms with Crippen LogP contribution in [-0.2, 0) is 11.1 Å². The van der Waals surface area contributed by atoms with Gasteiger partial charge in [-0.1, -0.05) is 0 Å². The Bertz CT molecular complexity index is 637. The Hall–Kier alpha value is -1.47. The highest BCUT2D eigenvalue weighted by atomic mass is 32.2. The van der Waals surface area contributed by atoms with Crippen molar-refractivity contribution in [3.05, 3.63) is 18.6 Å². The zero-order valence-electron chi connectivity index (χ0n) is 12.0. The first-order valence-corrected chi connectivity index (χ1v) is 8.51. The molecule has 7 heteroatoms. The van der Waals surface area contributed by atoms with Gasteiger partial charge in [0, 0.05) is 19.3 Å². The van der Waals surface area contributed by atoms with Crippen LogP contribution in [0.5, 0.6) is 0 Å². The maximum absolute atomic E-state index is 10.9. The molecule has 0 aromatic carbocycles. The van der Waals surface area contributed by atoms with Gasteiger partial charge in [-0.2, -0.15) is 0 Å². The monoisotopic (exact) mass is 308 g/mol. The van der Waals surface area contributed by atoms with Crippen LogP contribution in [0.3, 0.4) is 0 Å². The summed E-state index contributed by atoms with van der Waals surface area (Å²) in [5.41, 5.74) is 0.858. The Kier molecular flexibility index (Phi) is 4.21. The van der Waals surface area contributed by atoms with Gasteiger partial charge in [0.1, 0.15) is 17.8 Å². The molecule has 114 valence electrons. The zero-order chi connectivity index (χ0) is 14.8. The number of H-pyrrole nitrogens is 1. The number of nitrogens with zero attached hydrogens (tertiary/aromatic N) is 3. The molecule has 6 nitrogen and oxygen atoms in total. The molecule has 1 unspecified atom stereocenters. The van der Waals surface area contributed by atoms with E-state index in [2.05, 4.69) is 26.9 Å². The summed E-state index contributed by atoms with van der Waals surface area (Å²) < 4.78 is 19.9. The second-order valence-corrected chi connectivity index (χ2v) is 6.69. The number of hydrogen-bond acceptors (Lipinski definition) is 4. The molecule has 1 fully saturated rings. The fraction of sp³-hybridized carbons (Fsp3) is 0.571. The van der Waals surface area contributed by atoms with Gasteiger partial charge < -0.3 is 14.4 Å². The van der Waals surface area contributed by atoms with E-state index in [4.69, 9.17) is 4.55 Å². The van der Waals surface area contributed by atoms with Gasteiger partial charge in [-0.05, 0) is 37.7 Å². The summed E-state index contributed by atoms with van der Waals surface area (Å²) >= 11 is -1.67. The molecule has 2 N–H and O–H groups in total. The molecule has 2 aromatic heterocycles. The predicted octanol–water partition coefficient (Wildman–Crippen LogP) is 2.17.